The predicted molar refractivity (Wildman–Crippen MR) is 115 cm³/mol. The number of carbonyl (C=O) groups is 1. The van der Waals surface area contributed by atoms with Gasteiger partial charge in [0.2, 0.25) is 0 Å². The van der Waals surface area contributed by atoms with Crippen LogP contribution < -0.4 is 14.8 Å². The van der Waals surface area contributed by atoms with Crippen LogP contribution in [0.5, 0.6) is 11.5 Å². The van der Waals surface area contributed by atoms with Gasteiger partial charge in [0.05, 0.1) is 29.9 Å². The molecule has 6 nitrogen and oxygen atoms in total. The van der Waals surface area contributed by atoms with Gasteiger partial charge in [0.25, 0.3) is 5.91 Å². The molecule has 1 heterocycles. The number of benzene rings is 2. The van der Waals surface area contributed by atoms with Crippen LogP contribution in [0.15, 0.2) is 54.6 Å². The van der Waals surface area contributed by atoms with Gasteiger partial charge in [0.15, 0.2) is 18.1 Å². The van der Waals surface area contributed by atoms with Crippen LogP contribution in [-0.2, 0) is 4.79 Å². The van der Waals surface area contributed by atoms with E-state index in [1.54, 1.807) is 13.2 Å². The first-order valence-electron chi connectivity index (χ1n) is 9.38. The highest BCUT2D eigenvalue weighted by atomic mass is 16.5. The molecule has 2 aromatic carbocycles. The molecule has 6 heteroatoms. The van der Waals surface area contributed by atoms with Crippen LogP contribution in [-0.4, -0.2) is 29.4 Å². The number of allylic oxidation sites excluding steroid dienone is 1. The summed E-state index contributed by atoms with van der Waals surface area (Å²) in [6.07, 6.45) is 3.91. The Kier molecular flexibility index (Phi) is 6.34. The van der Waals surface area contributed by atoms with E-state index >= 15 is 0 Å². The number of amides is 1. The second-order valence-corrected chi connectivity index (χ2v) is 6.54. The summed E-state index contributed by atoms with van der Waals surface area (Å²) >= 11 is 0. The van der Waals surface area contributed by atoms with E-state index in [0.29, 0.717) is 17.2 Å². The molecule has 1 aromatic heterocycles. The van der Waals surface area contributed by atoms with E-state index in [0.717, 1.165) is 22.6 Å². The Morgan fingerprint density at radius 2 is 1.90 bits per heavy atom. The zero-order chi connectivity index (χ0) is 20.8. The lowest BCUT2D eigenvalue weighted by Crippen LogP contribution is -2.21. The maximum absolute atomic E-state index is 12.5. The summed E-state index contributed by atoms with van der Waals surface area (Å²) in [6.45, 7) is 5.61. The first kappa shape index (κ1) is 20.2. The number of ether oxygens (including phenoxy) is 2. The van der Waals surface area contributed by atoms with Crippen LogP contribution in [0, 0.1) is 13.8 Å². The van der Waals surface area contributed by atoms with Crippen LogP contribution in [0.25, 0.3) is 11.8 Å². The average molecular weight is 391 g/mol. The number of rotatable bonds is 7. The van der Waals surface area contributed by atoms with E-state index in [1.165, 1.54) is 0 Å². The Morgan fingerprint density at radius 1 is 1.14 bits per heavy atom. The third-order valence-electron chi connectivity index (χ3n) is 4.46. The van der Waals surface area contributed by atoms with Gasteiger partial charge in [-0.25, -0.2) is 4.68 Å². The molecule has 0 atom stereocenters. The zero-order valence-corrected chi connectivity index (χ0v) is 17.1. The smallest absolute Gasteiger partial charge is 0.262 e. The fraction of sp³-hybridized carbons (Fsp3) is 0.217. The molecular weight excluding hydrogens is 366 g/mol. The molecule has 0 fully saturated rings. The van der Waals surface area contributed by atoms with Crippen LogP contribution in [0.2, 0.25) is 0 Å². The minimum atomic E-state index is -0.261. The van der Waals surface area contributed by atoms with E-state index in [9.17, 15) is 4.79 Å². The summed E-state index contributed by atoms with van der Waals surface area (Å²) in [5.41, 5.74) is 4.23. The minimum Gasteiger partial charge on any atom is -0.493 e. The Bertz CT molecular complexity index is 1020. The molecule has 0 radical (unpaired) electrons. The van der Waals surface area contributed by atoms with Crippen molar-refractivity contribution >= 4 is 17.7 Å². The number of aryl methyl sites for hydroxylation is 1. The van der Waals surface area contributed by atoms with Crippen molar-refractivity contribution in [2.45, 2.75) is 20.8 Å². The molecule has 150 valence electrons. The van der Waals surface area contributed by atoms with Gasteiger partial charge in [-0.05, 0) is 50.6 Å². The number of methoxy groups -OCH3 is 1. The van der Waals surface area contributed by atoms with Crippen LogP contribution >= 0.6 is 0 Å². The third kappa shape index (κ3) is 4.66. The summed E-state index contributed by atoms with van der Waals surface area (Å²) in [6, 6.07) is 15.4. The number of nitrogens with zero attached hydrogens (tertiary/aromatic N) is 2. The summed E-state index contributed by atoms with van der Waals surface area (Å²) in [5.74, 6) is 0.838. The maximum Gasteiger partial charge on any atom is 0.262 e. The summed E-state index contributed by atoms with van der Waals surface area (Å²) in [4.78, 5) is 12.5. The molecule has 3 aromatic rings. The lowest BCUT2D eigenvalue weighted by Gasteiger charge is -2.12. The highest BCUT2D eigenvalue weighted by Crippen LogP contribution is 2.29. The number of hydrogen-bond donors (Lipinski definition) is 1. The number of anilines is 1. The van der Waals surface area contributed by atoms with Crippen LogP contribution in [0.3, 0.4) is 0 Å². The van der Waals surface area contributed by atoms with Gasteiger partial charge in [-0.1, -0.05) is 36.4 Å². The molecule has 0 saturated heterocycles. The Labute approximate surface area is 170 Å². The van der Waals surface area contributed by atoms with Crippen LogP contribution in [0.1, 0.15) is 23.9 Å². The molecule has 0 aliphatic heterocycles. The predicted octanol–water partition coefficient (Wildman–Crippen LogP) is 4.55. The molecule has 1 N–H and O–H groups in total. The molecule has 0 bridgehead atoms. The van der Waals surface area contributed by atoms with Crippen molar-refractivity contribution < 1.29 is 14.3 Å². The molecule has 0 saturated carbocycles. The number of para-hydroxylation sites is 1. The van der Waals surface area contributed by atoms with E-state index in [1.807, 2.05) is 80.1 Å². The first-order valence-corrected chi connectivity index (χ1v) is 9.38. The van der Waals surface area contributed by atoms with Crippen molar-refractivity contribution in [2.24, 2.45) is 0 Å². The first-order chi connectivity index (χ1) is 14.0. The number of nitrogens with one attached hydrogen (secondary N) is 1. The van der Waals surface area contributed by atoms with Crippen LogP contribution in [0.4, 0.5) is 5.69 Å². The lowest BCUT2D eigenvalue weighted by molar-refractivity contribution is -0.118. The van der Waals surface area contributed by atoms with Gasteiger partial charge < -0.3 is 14.8 Å². The Hall–Kier alpha value is -3.54. The fourth-order valence-electron chi connectivity index (χ4n) is 3.06. The van der Waals surface area contributed by atoms with E-state index in [-0.39, 0.29) is 12.5 Å². The third-order valence-corrected chi connectivity index (χ3v) is 4.46. The van der Waals surface area contributed by atoms with Crippen molar-refractivity contribution in [1.29, 1.82) is 0 Å². The summed E-state index contributed by atoms with van der Waals surface area (Å²) in [7, 11) is 1.58. The zero-order valence-electron chi connectivity index (χ0n) is 17.1. The molecule has 0 spiro atoms. The van der Waals surface area contributed by atoms with Crippen molar-refractivity contribution in [1.82, 2.24) is 9.78 Å². The average Bonchev–Trinajstić information content (AvgIpc) is 3.01. The van der Waals surface area contributed by atoms with Crippen molar-refractivity contribution in [3.8, 4) is 17.2 Å². The van der Waals surface area contributed by atoms with E-state index < -0.39 is 0 Å². The monoisotopic (exact) mass is 391 g/mol. The summed E-state index contributed by atoms with van der Waals surface area (Å²) in [5, 5.41) is 7.45. The SMILES string of the molecule is CC=Cc1ccc(OCC(=O)Nc2c(C)nn(-c3ccccc3)c2C)c(OC)c1. The quantitative estimate of drug-likeness (QED) is 0.642. The Morgan fingerprint density at radius 3 is 2.59 bits per heavy atom. The largest absolute Gasteiger partial charge is 0.493 e. The van der Waals surface area contributed by atoms with Crippen molar-refractivity contribution in [3.05, 3.63) is 71.6 Å². The fourth-order valence-corrected chi connectivity index (χ4v) is 3.06. The van der Waals surface area contributed by atoms with Crippen molar-refractivity contribution in [3.63, 3.8) is 0 Å². The molecule has 0 aliphatic rings. The van der Waals surface area contributed by atoms with E-state index in [2.05, 4.69) is 10.4 Å². The molecule has 0 unspecified atom stereocenters. The van der Waals surface area contributed by atoms with E-state index in [4.69, 9.17) is 9.47 Å². The normalized spacial score (nSPS) is 10.9. The van der Waals surface area contributed by atoms with Gasteiger partial charge in [0, 0.05) is 0 Å². The molecule has 29 heavy (non-hydrogen) atoms. The maximum atomic E-state index is 12.5. The van der Waals surface area contributed by atoms with Crippen molar-refractivity contribution in [2.75, 3.05) is 19.0 Å². The minimum absolute atomic E-state index is 0.130. The molecule has 1 amide bonds. The standard InChI is InChI=1S/C23H25N3O3/c1-5-9-18-12-13-20(21(14-18)28-4)29-15-22(27)24-23-16(2)25-26(17(23)3)19-10-7-6-8-11-19/h5-14H,15H2,1-4H3,(H,24,27). The number of carbonyl (C=O) groups excluding carboxylic acids is 1. The number of hydrogen-bond acceptors (Lipinski definition) is 4. The van der Waals surface area contributed by atoms with Gasteiger partial charge in [-0.15, -0.1) is 0 Å². The van der Waals surface area contributed by atoms with Gasteiger partial charge >= 0.3 is 0 Å². The lowest BCUT2D eigenvalue weighted by atomic mass is 10.2. The second kappa shape index (κ2) is 9.10. The molecule has 0 aliphatic carbocycles. The van der Waals surface area contributed by atoms with Gasteiger partial charge in [0.1, 0.15) is 0 Å². The molecular formula is C23H25N3O3. The second-order valence-electron chi connectivity index (χ2n) is 6.54. The Balaban J connectivity index is 1.70. The topological polar surface area (TPSA) is 65.4 Å². The summed E-state index contributed by atoms with van der Waals surface area (Å²) < 4.78 is 12.9. The molecule has 3 rings (SSSR count). The highest BCUT2D eigenvalue weighted by Gasteiger charge is 2.16. The number of aromatic nitrogens is 2. The highest BCUT2D eigenvalue weighted by molar-refractivity contribution is 5.93. The van der Waals surface area contributed by atoms with Gasteiger partial charge in [-0.2, -0.15) is 5.10 Å². The van der Waals surface area contributed by atoms with Gasteiger partial charge in [-0.3, -0.25) is 4.79 Å².